The first kappa shape index (κ1) is 8.80. The number of hydrogen-bond donors (Lipinski definition) is 1. The molecule has 2 aromatic heterocycles. The molecule has 0 amide bonds. The predicted molar refractivity (Wildman–Crippen MR) is 53.7 cm³/mol. The van der Waals surface area contributed by atoms with Crippen molar-refractivity contribution in [1.82, 2.24) is 19.6 Å². The standard InChI is InChI=1S/C9H13N5/c1-7-8(4-13(2)12-7)5-14-6-9(10)3-11-14/h3-4,6H,5,10H2,1-2H3. The van der Waals surface area contributed by atoms with Crippen LogP contribution in [-0.2, 0) is 13.6 Å². The molecule has 0 fully saturated rings. The molecular weight excluding hydrogens is 178 g/mol. The summed E-state index contributed by atoms with van der Waals surface area (Å²) in [4.78, 5) is 0. The molecule has 0 bridgehead atoms. The van der Waals surface area contributed by atoms with Gasteiger partial charge in [-0.15, -0.1) is 0 Å². The third kappa shape index (κ3) is 1.61. The highest BCUT2D eigenvalue weighted by Gasteiger charge is 2.04. The molecule has 0 spiro atoms. The van der Waals surface area contributed by atoms with Gasteiger partial charge in [0.25, 0.3) is 0 Å². The molecule has 0 radical (unpaired) electrons. The minimum absolute atomic E-state index is 0.687. The van der Waals surface area contributed by atoms with Crippen molar-refractivity contribution in [2.24, 2.45) is 7.05 Å². The highest BCUT2D eigenvalue weighted by molar-refractivity contribution is 5.31. The summed E-state index contributed by atoms with van der Waals surface area (Å²) in [5.74, 6) is 0. The average molecular weight is 191 g/mol. The Morgan fingerprint density at radius 2 is 2.21 bits per heavy atom. The molecule has 2 rings (SSSR count). The summed E-state index contributed by atoms with van der Waals surface area (Å²) >= 11 is 0. The van der Waals surface area contributed by atoms with E-state index in [2.05, 4.69) is 10.2 Å². The Morgan fingerprint density at radius 1 is 1.43 bits per heavy atom. The topological polar surface area (TPSA) is 61.7 Å². The lowest BCUT2D eigenvalue weighted by Crippen LogP contribution is -2.00. The molecule has 0 unspecified atom stereocenters. The van der Waals surface area contributed by atoms with Gasteiger partial charge in [0.05, 0.1) is 24.1 Å². The number of nitrogens with two attached hydrogens (primary N) is 1. The quantitative estimate of drug-likeness (QED) is 0.754. The lowest BCUT2D eigenvalue weighted by molar-refractivity contribution is 0.683. The van der Waals surface area contributed by atoms with Gasteiger partial charge in [-0.25, -0.2) is 0 Å². The first-order valence-corrected chi connectivity index (χ1v) is 4.42. The van der Waals surface area contributed by atoms with Gasteiger partial charge in [0, 0.05) is 25.0 Å². The van der Waals surface area contributed by atoms with E-state index in [4.69, 9.17) is 5.73 Å². The maximum atomic E-state index is 5.57. The van der Waals surface area contributed by atoms with E-state index in [1.807, 2.05) is 26.4 Å². The maximum Gasteiger partial charge on any atom is 0.0719 e. The lowest BCUT2D eigenvalue weighted by Gasteiger charge is -1.98. The van der Waals surface area contributed by atoms with Gasteiger partial charge >= 0.3 is 0 Å². The van der Waals surface area contributed by atoms with E-state index in [-0.39, 0.29) is 0 Å². The number of nitrogen functional groups attached to an aromatic ring is 1. The Bertz CT molecular complexity index is 440. The Morgan fingerprint density at radius 3 is 2.71 bits per heavy atom. The summed E-state index contributed by atoms with van der Waals surface area (Å²) in [6, 6.07) is 0. The molecule has 0 atom stereocenters. The molecule has 2 N–H and O–H groups in total. The van der Waals surface area contributed by atoms with Crippen molar-refractivity contribution in [2.45, 2.75) is 13.5 Å². The first-order valence-electron chi connectivity index (χ1n) is 4.42. The zero-order valence-electron chi connectivity index (χ0n) is 8.31. The Kier molecular flexibility index (Phi) is 1.99. The number of anilines is 1. The second-order valence-electron chi connectivity index (χ2n) is 3.38. The normalized spacial score (nSPS) is 10.7. The molecule has 14 heavy (non-hydrogen) atoms. The fourth-order valence-electron chi connectivity index (χ4n) is 1.44. The van der Waals surface area contributed by atoms with Crippen LogP contribution in [0.1, 0.15) is 11.3 Å². The van der Waals surface area contributed by atoms with E-state index in [1.165, 1.54) is 0 Å². The molecule has 0 aliphatic heterocycles. The van der Waals surface area contributed by atoms with Gasteiger partial charge in [-0.1, -0.05) is 0 Å². The number of aryl methyl sites for hydroxylation is 2. The fourth-order valence-corrected chi connectivity index (χ4v) is 1.44. The van der Waals surface area contributed by atoms with Crippen LogP contribution in [0.15, 0.2) is 18.6 Å². The van der Waals surface area contributed by atoms with E-state index in [0.29, 0.717) is 5.69 Å². The van der Waals surface area contributed by atoms with Crippen LogP contribution < -0.4 is 5.73 Å². The SMILES string of the molecule is Cc1nn(C)cc1Cn1cc(N)cn1. The highest BCUT2D eigenvalue weighted by Crippen LogP contribution is 2.07. The van der Waals surface area contributed by atoms with Crippen molar-refractivity contribution in [2.75, 3.05) is 5.73 Å². The summed E-state index contributed by atoms with van der Waals surface area (Å²) in [6.45, 7) is 2.71. The van der Waals surface area contributed by atoms with Crippen LogP contribution in [0.2, 0.25) is 0 Å². The molecule has 2 heterocycles. The van der Waals surface area contributed by atoms with Gasteiger partial charge in [0.2, 0.25) is 0 Å². The maximum absolute atomic E-state index is 5.57. The Hall–Kier alpha value is -1.78. The zero-order valence-corrected chi connectivity index (χ0v) is 8.31. The molecule has 0 saturated heterocycles. The van der Waals surface area contributed by atoms with Crippen LogP contribution in [0.4, 0.5) is 5.69 Å². The van der Waals surface area contributed by atoms with E-state index < -0.39 is 0 Å². The van der Waals surface area contributed by atoms with Crippen LogP contribution >= 0.6 is 0 Å². The molecule has 5 nitrogen and oxygen atoms in total. The van der Waals surface area contributed by atoms with Gasteiger partial charge < -0.3 is 5.73 Å². The van der Waals surface area contributed by atoms with E-state index >= 15 is 0 Å². The largest absolute Gasteiger partial charge is 0.396 e. The first-order chi connectivity index (χ1) is 6.65. The number of aromatic nitrogens is 4. The fraction of sp³-hybridized carbons (Fsp3) is 0.333. The summed E-state index contributed by atoms with van der Waals surface area (Å²) < 4.78 is 3.61. The Balaban J connectivity index is 2.22. The average Bonchev–Trinajstić information content (AvgIpc) is 2.61. The Labute approximate surface area is 82.1 Å². The minimum Gasteiger partial charge on any atom is -0.396 e. The molecular formula is C9H13N5. The highest BCUT2D eigenvalue weighted by atomic mass is 15.3. The molecule has 0 saturated carbocycles. The van der Waals surface area contributed by atoms with Crippen LogP contribution in [0.25, 0.3) is 0 Å². The zero-order chi connectivity index (χ0) is 10.1. The molecule has 2 aromatic rings. The van der Waals surface area contributed by atoms with Gasteiger partial charge in [-0.2, -0.15) is 10.2 Å². The van der Waals surface area contributed by atoms with Crippen molar-refractivity contribution < 1.29 is 0 Å². The van der Waals surface area contributed by atoms with E-state index in [0.717, 1.165) is 17.8 Å². The van der Waals surface area contributed by atoms with Crippen molar-refractivity contribution in [3.63, 3.8) is 0 Å². The van der Waals surface area contributed by atoms with Gasteiger partial charge in [0.15, 0.2) is 0 Å². The van der Waals surface area contributed by atoms with Gasteiger partial charge in [-0.05, 0) is 6.92 Å². The van der Waals surface area contributed by atoms with Crippen molar-refractivity contribution in [3.05, 3.63) is 29.8 Å². The summed E-state index contributed by atoms with van der Waals surface area (Å²) in [5, 5.41) is 8.37. The second kappa shape index (κ2) is 3.17. The third-order valence-electron chi connectivity index (χ3n) is 2.10. The molecule has 0 aliphatic rings. The second-order valence-corrected chi connectivity index (χ2v) is 3.38. The van der Waals surface area contributed by atoms with Crippen LogP contribution in [0, 0.1) is 6.92 Å². The van der Waals surface area contributed by atoms with Crippen molar-refractivity contribution >= 4 is 5.69 Å². The van der Waals surface area contributed by atoms with Crippen LogP contribution in [0.5, 0.6) is 0 Å². The minimum atomic E-state index is 0.687. The van der Waals surface area contributed by atoms with Crippen molar-refractivity contribution in [3.8, 4) is 0 Å². The van der Waals surface area contributed by atoms with E-state index in [9.17, 15) is 0 Å². The number of hydrogen-bond acceptors (Lipinski definition) is 3. The number of nitrogens with zero attached hydrogens (tertiary/aromatic N) is 4. The monoisotopic (exact) mass is 191 g/mol. The molecule has 0 aromatic carbocycles. The molecule has 74 valence electrons. The summed E-state index contributed by atoms with van der Waals surface area (Å²) in [5.41, 5.74) is 8.45. The van der Waals surface area contributed by atoms with Crippen LogP contribution in [0.3, 0.4) is 0 Å². The van der Waals surface area contributed by atoms with Gasteiger partial charge in [0.1, 0.15) is 0 Å². The van der Waals surface area contributed by atoms with Crippen LogP contribution in [-0.4, -0.2) is 19.6 Å². The van der Waals surface area contributed by atoms with Gasteiger partial charge in [-0.3, -0.25) is 9.36 Å². The third-order valence-corrected chi connectivity index (χ3v) is 2.10. The van der Waals surface area contributed by atoms with Crippen molar-refractivity contribution in [1.29, 1.82) is 0 Å². The smallest absolute Gasteiger partial charge is 0.0719 e. The van der Waals surface area contributed by atoms with E-state index in [1.54, 1.807) is 15.6 Å². The summed E-state index contributed by atoms with van der Waals surface area (Å²) in [6.07, 6.45) is 5.45. The predicted octanol–water partition coefficient (Wildman–Crippen LogP) is 0.556. The lowest BCUT2D eigenvalue weighted by atomic mass is 10.3. The summed E-state index contributed by atoms with van der Waals surface area (Å²) in [7, 11) is 1.91. The number of rotatable bonds is 2. The molecule has 0 aliphatic carbocycles. The molecule has 5 heteroatoms.